The van der Waals surface area contributed by atoms with Gasteiger partial charge in [0.25, 0.3) is 5.91 Å². The second kappa shape index (κ2) is 6.68. The van der Waals surface area contributed by atoms with Crippen LogP contribution in [0.5, 0.6) is 0 Å². The van der Waals surface area contributed by atoms with E-state index in [0.717, 1.165) is 0 Å². The van der Waals surface area contributed by atoms with Crippen LogP contribution < -0.4 is 11.1 Å². The number of carbonyl (C=O) groups is 2. The van der Waals surface area contributed by atoms with Crippen molar-refractivity contribution in [3.63, 3.8) is 0 Å². The number of benzene rings is 1. The molecule has 2 amide bonds. The van der Waals surface area contributed by atoms with E-state index < -0.39 is 17.8 Å². The van der Waals surface area contributed by atoms with E-state index in [0.29, 0.717) is 5.69 Å². The lowest BCUT2D eigenvalue weighted by molar-refractivity contribution is -0.127. The molecule has 3 rings (SSSR count). The fraction of sp³-hybridized carbons (Fsp3) is 0.176. The number of carbonyl (C=O) groups excluding carboxylic acids is 2. The Morgan fingerprint density at radius 3 is 2.84 bits per heavy atom. The third kappa shape index (κ3) is 3.47. The zero-order chi connectivity index (χ0) is 18.0. The molecule has 1 aliphatic rings. The van der Waals surface area contributed by atoms with Gasteiger partial charge < -0.3 is 11.1 Å². The highest BCUT2D eigenvalue weighted by atomic mass is 19.1. The second-order valence-corrected chi connectivity index (χ2v) is 5.57. The largest absolute Gasteiger partial charge is 0.369 e. The van der Waals surface area contributed by atoms with Crippen LogP contribution in [0, 0.1) is 5.82 Å². The van der Waals surface area contributed by atoms with Gasteiger partial charge in [0.15, 0.2) is 5.96 Å². The van der Waals surface area contributed by atoms with E-state index >= 15 is 0 Å². The van der Waals surface area contributed by atoms with Crippen molar-refractivity contribution in [3.05, 3.63) is 59.7 Å². The number of nitrogens with one attached hydrogen (secondary N) is 1. The summed E-state index contributed by atoms with van der Waals surface area (Å²) in [7, 11) is 1.51. The van der Waals surface area contributed by atoms with Gasteiger partial charge in [-0.15, -0.1) is 0 Å². The first-order valence-electron chi connectivity index (χ1n) is 7.57. The lowest BCUT2D eigenvalue weighted by Crippen LogP contribution is -2.42. The number of rotatable bonds is 3. The molecule has 1 aliphatic heterocycles. The Labute approximate surface area is 143 Å². The first kappa shape index (κ1) is 16.6. The number of nitrogens with two attached hydrogens (primary N) is 1. The van der Waals surface area contributed by atoms with Gasteiger partial charge >= 0.3 is 0 Å². The predicted molar refractivity (Wildman–Crippen MR) is 90.3 cm³/mol. The van der Waals surface area contributed by atoms with Crippen LogP contribution in [0.15, 0.2) is 47.6 Å². The number of aromatic nitrogens is 1. The lowest BCUT2D eigenvalue weighted by atomic mass is 10.0. The van der Waals surface area contributed by atoms with Crippen LogP contribution in [-0.4, -0.2) is 34.7 Å². The molecule has 128 valence electrons. The van der Waals surface area contributed by atoms with Gasteiger partial charge in [-0.25, -0.2) is 9.38 Å². The van der Waals surface area contributed by atoms with Gasteiger partial charge in [0, 0.05) is 24.5 Å². The Kier molecular flexibility index (Phi) is 4.42. The zero-order valence-corrected chi connectivity index (χ0v) is 13.4. The first-order valence-corrected chi connectivity index (χ1v) is 7.57. The highest BCUT2D eigenvalue weighted by molar-refractivity contribution is 6.03. The molecule has 0 radical (unpaired) electrons. The normalized spacial score (nSPS) is 17.2. The molecule has 3 N–H and O–H groups in total. The molecule has 2 heterocycles. The summed E-state index contributed by atoms with van der Waals surface area (Å²) < 4.78 is 14.2. The minimum absolute atomic E-state index is 0.00571. The van der Waals surface area contributed by atoms with E-state index in [4.69, 9.17) is 5.73 Å². The summed E-state index contributed by atoms with van der Waals surface area (Å²) in [6.07, 6.45) is 1.51. The van der Waals surface area contributed by atoms with Crippen molar-refractivity contribution in [1.29, 1.82) is 0 Å². The molecule has 1 aromatic carbocycles. The Hall–Kier alpha value is -3.29. The van der Waals surface area contributed by atoms with E-state index in [9.17, 15) is 14.0 Å². The van der Waals surface area contributed by atoms with Gasteiger partial charge in [0.1, 0.15) is 11.5 Å². The van der Waals surface area contributed by atoms with E-state index in [1.165, 1.54) is 36.3 Å². The number of guanidine groups is 1. The van der Waals surface area contributed by atoms with Gasteiger partial charge in [-0.05, 0) is 30.3 Å². The number of amides is 2. The van der Waals surface area contributed by atoms with Crippen molar-refractivity contribution >= 4 is 23.5 Å². The summed E-state index contributed by atoms with van der Waals surface area (Å²) in [4.78, 5) is 33.4. The third-order valence-corrected chi connectivity index (χ3v) is 3.88. The average Bonchev–Trinajstić information content (AvgIpc) is 2.61. The Balaban J connectivity index is 1.86. The molecular weight excluding hydrogens is 325 g/mol. The highest BCUT2D eigenvalue weighted by Crippen LogP contribution is 2.29. The summed E-state index contributed by atoms with van der Waals surface area (Å²) >= 11 is 0. The van der Waals surface area contributed by atoms with Crippen LogP contribution in [0.3, 0.4) is 0 Å². The molecule has 7 nitrogen and oxygen atoms in total. The van der Waals surface area contributed by atoms with Gasteiger partial charge in [-0.1, -0.05) is 6.07 Å². The maximum Gasteiger partial charge on any atom is 0.274 e. The van der Waals surface area contributed by atoms with Gasteiger partial charge in [0.05, 0.1) is 12.5 Å². The molecule has 0 saturated carbocycles. The predicted octanol–water partition coefficient (Wildman–Crippen LogP) is 1.69. The smallest absolute Gasteiger partial charge is 0.274 e. The molecule has 1 unspecified atom stereocenters. The van der Waals surface area contributed by atoms with Crippen LogP contribution in [0.4, 0.5) is 10.1 Å². The molecule has 25 heavy (non-hydrogen) atoms. The minimum Gasteiger partial charge on any atom is -0.369 e. The SMILES string of the molecule is CN1C(=O)CC(c2cc(NC(=O)c3ccccn3)ccc2F)N=C1N. The average molecular weight is 341 g/mol. The summed E-state index contributed by atoms with van der Waals surface area (Å²) in [6.45, 7) is 0. The van der Waals surface area contributed by atoms with Crippen LogP contribution in [0.2, 0.25) is 0 Å². The molecule has 8 heteroatoms. The Morgan fingerprint density at radius 1 is 1.36 bits per heavy atom. The summed E-state index contributed by atoms with van der Waals surface area (Å²) in [5.41, 5.74) is 6.52. The van der Waals surface area contributed by atoms with Crippen LogP contribution >= 0.6 is 0 Å². The van der Waals surface area contributed by atoms with Crippen molar-refractivity contribution in [2.24, 2.45) is 10.7 Å². The third-order valence-electron chi connectivity index (χ3n) is 3.88. The fourth-order valence-corrected chi connectivity index (χ4v) is 2.47. The second-order valence-electron chi connectivity index (χ2n) is 5.57. The van der Waals surface area contributed by atoms with E-state index in [-0.39, 0.29) is 29.5 Å². The van der Waals surface area contributed by atoms with Crippen LogP contribution in [0.1, 0.15) is 28.5 Å². The number of anilines is 1. The topological polar surface area (TPSA) is 101 Å². The van der Waals surface area contributed by atoms with Gasteiger partial charge in [0.2, 0.25) is 5.91 Å². The summed E-state index contributed by atoms with van der Waals surface area (Å²) in [6, 6.07) is 8.35. The Bertz CT molecular complexity index is 853. The maximum absolute atomic E-state index is 14.2. The molecule has 0 saturated heterocycles. The number of aliphatic imine (C=N–C) groups is 1. The van der Waals surface area contributed by atoms with E-state index in [1.807, 2.05) is 0 Å². The lowest BCUT2D eigenvalue weighted by Gasteiger charge is -2.26. The number of pyridine rings is 1. The number of hydrogen-bond donors (Lipinski definition) is 2. The first-order chi connectivity index (χ1) is 12.0. The standard InChI is InChI=1S/C17H16FN5O2/c1-23-15(24)9-14(22-17(23)19)11-8-10(5-6-12(11)18)21-16(25)13-4-2-3-7-20-13/h2-8,14H,9H2,1H3,(H2,19,22)(H,21,25). The van der Waals surface area contributed by atoms with Gasteiger partial charge in [-0.3, -0.25) is 19.5 Å². The quantitative estimate of drug-likeness (QED) is 0.887. The molecule has 0 spiro atoms. The van der Waals surface area contributed by atoms with Crippen molar-refractivity contribution in [2.75, 3.05) is 12.4 Å². The molecule has 2 aromatic rings. The summed E-state index contributed by atoms with van der Waals surface area (Å²) in [5.74, 6) is -1.15. The van der Waals surface area contributed by atoms with Gasteiger partial charge in [-0.2, -0.15) is 0 Å². The monoisotopic (exact) mass is 341 g/mol. The van der Waals surface area contributed by atoms with Crippen molar-refractivity contribution < 1.29 is 14.0 Å². The van der Waals surface area contributed by atoms with Crippen molar-refractivity contribution in [1.82, 2.24) is 9.88 Å². The minimum atomic E-state index is -0.726. The maximum atomic E-state index is 14.2. The number of halogens is 1. The molecule has 1 atom stereocenters. The molecule has 0 aliphatic carbocycles. The molecule has 1 aromatic heterocycles. The molecule has 0 bridgehead atoms. The summed E-state index contributed by atoms with van der Waals surface area (Å²) in [5, 5.41) is 2.65. The molecular formula is C17H16FN5O2. The van der Waals surface area contributed by atoms with E-state index in [1.54, 1.807) is 18.2 Å². The number of hydrogen-bond acceptors (Lipinski definition) is 5. The molecule has 0 fully saturated rings. The van der Waals surface area contributed by atoms with Crippen molar-refractivity contribution in [3.8, 4) is 0 Å². The van der Waals surface area contributed by atoms with Crippen LogP contribution in [-0.2, 0) is 4.79 Å². The van der Waals surface area contributed by atoms with Crippen LogP contribution in [0.25, 0.3) is 0 Å². The van der Waals surface area contributed by atoms with E-state index in [2.05, 4.69) is 15.3 Å². The zero-order valence-electron chi connectivity index (χ0n) is 13.4. The number of nitrogens with zero attached hydrogens (tertiary/aromatic N) is 3. The highest BCUT2D eigenvalue weighted by Gasteiger charge is 2.27. The fourth-order valence-electron chi connectivity index (χ4n) is 2.47. The van der Waals surface area contributed by atoms with Crippen molar-refractivity contribution in [2.45, 2.75) is 12.5 Å². The Morgan fingerprint density at radius 2 is 2.16 bits per heavy atom.